The Morgan fingerprint density at radius 3 is 2.90 bits per heavy atom. The van der Waals surface area contributed by atoms with Gasteiger partial charge in [0, 0.05) is 11.6 Å². The van der Waals surface area contributed by atoms with Crippen molar-refractivity contribution < 1.29 is 4.79 Å². The molecule has 7 heteroatoms. The molecule has 0 saturated carbocycles. The molecule has 0 spiro atoms. The zero-order valence-corrected chi connectivity index (χ0v) is 12.4. The summed E-state index contributed by atoms with van der Waals surface area (Å²) in [7, 11) is 0. The molecule has 106 valence electrons. The van der Waals surface area contributed by atoms with E-state index in [1.807, 2.05) is 38.1 Å². The van der Waals surface area contributed by atoms with Crippen LogP contribution in [-0.2, 0) is 0 Å². The van der Waals surface area contributed by atoms with Crippen molar-refractivity contribution in [3.8, 4) is 5.69 Å². The summed E-state index contributed by atoms with van der Waals surface area (Å²) >= 11 is 1.36. The minimum absolute atomic E-state index is 0.298. The highest BCUT2D eigenvalue weighted by Gasteiger charge is 2.18. The molecule has 0 fully saturated rings. The summed E-state index contributed by atoms with van der Waals surface area (Å²) in [5.74, 6) is -0.304. The van der Waals surface area contributed by atoms with Crippen molar-refractivity contribution in [2.75, 3.05) is 5.32 Å². The quantitative estimate of drug-likeness (QED) is 0.807. The average molecular weight is 299 g/mol. The van der Waals surface area contributed by atoms with Crippen LogP contribution in [-0.4, -0.2) is 25.9 Å². The lowest BCUT2D eigenvalue weighted by Crippen LogP contribution is -2.14. The van der Waals surface area contributed by atoms with E-state index in [2.05, 4.69) is 20.6 Å². The van der Waals surface area contributed by atoms with Crippen LogP contribution in [0.3, 0.4) is 0 Å². The van der Waals surface area contributed by atoms with Gasteiger partial charge in [-0.05, 0) is 31.5 Å². The van der Waals surface area contributed by atoms with Crippen LogP contribution in [0.1, 0.15) is 21.7 Å². The molecule has 0 aliphatic heterocycles. The van der Waals surface area contributed by atoms with Gasteiger partial charge in [-0.15, -0.1) is 16.4 Å². The molecule has 3 aromatic rings. The lowest BCUT2D eigenvalue weighted by Gasteiger charge is -2.04. The molecule has 2 heterocycles. The minimum Gasteiger partial charge on any atom is -0.296 e. The van der Waals surface area contributed by atoms with Crippen LogP contribution in [0, 0.1) is 13.8 Å². The second-order valence-electron chi connectivity index (χ2n) is 4.57. The van der Waals surface area contributed by atoms with Gasteiger partial charge in [-0.1, -0.05) is 17.3 Å². The Morgan fingerprint density at radius 2 is 2.19 bits per heavy atom. The molecule has 3 rings (SSSR count). The Hall–Kier alpha value is -2.54. The number of amides is 1. The zero-order chi connectivity index (χ0) is 14.8. The first-order valence-electron chi connectivity index (χ1n) is 6.35. The van der Waals surface area contributed by atoms with Crippen LogP contribution in [0.5, 0.6) is 0 Å². The van der Waals surface area contributed by atoms with Crippen LogP contribution in [0.2, 0.25) is 0 Å². The maximum absolute atomic E-state index is 12.2. The van der Waals surface area contributed by atoms with Gasteiger partial charge in [0.05, 0.1) is 11.4 Å². The van der Waals surface area contributed by atoms with Crippen LogP contribution < -0.4 is 5.32 Å². The second kappa shape index (κ2) is 5.45. The van der Waals surface area contributed by atoms with Crippen molar-refractivity contribution in [1.82, 2.24) is 20.0 Å². The number of benzene rings is 1. The Labute approximate surface area is 125 Å². The number of carbonyl (C=O) groups is 1. The van der Waals surface area contributed by atoms with Crippen LogP contribution >= 0.6 is 11.3 Å². The summed E-state index contributed by atoms with van der Waals surface area (Å²) in [6, 6.07) is 7.87. The van der Waals surface area contributed by atoms with E-state index >= 15 is 0 Å². The fraction of sp³-hybridized carbons (Fsp3) is 0.143. The molecule has 21 heavy (non-hydrogen) atoms. The van der Waals surface area contributed by atoms with Gasteiger partial charge in [0.2, 0.25) is 0 Å². The van der Waals surface area contributed by atoms with Gasteiger partial charge in [0.25, 0.3) is 5.91 Å². The zero-order valence-electron chi connectivity index (χ0n) is 11.6. The number of nitrogens with zero attached hydrogens (tertiary/aromatic N) is 4. The minimum atomic E-state index is -0.304. The highest BCUT2D eigenvalue weighted by molar-refractivity contribution is 7.13. The fourth-order valence-electron chi connectivity index (χ4n) is 1.99. The van der Waals surface area contributed by atoms with Gasteiger partial charge in [-0.25, -0.2) is 9.67 Å². The Bertz CT molecular complexity index is 779. The topological polar surface area (TPSA) is 72.7 Å². The average Bonchev–Trinajstić information content (AvgIpc) is 3.08. The smallest absolute Gasteiger partial charge is 0.279 e. The van der Waals surface area contributed by atoms with Crippen molar-refractivity contribution >= 4 is 22.4 Å². The normalized spacial score (nSPS) is 10.6. The van der Waals surface area contributed by atoms with Gasteiger partial charge in [-0.3, -0.25) is 10.1 Å². The lowest BCUT2D eigenvalue weighted by atomic mass is 10.2. The van der Waals surface area contributed by atoms with Crippen LogP contribution in [0.25, 0.3) is 5.69 Å². The van der Waals surface area contributed by atoms with E-state index in [9.17, 15) is 4.79 Å². The molecule has 0 radical (unpaired) electrons. The first-order chi connectivity index (χ1) is 10.1. The van der Waals surface area contributed by atoms with Gasteiger partial charge < -0.3 is 0 Å². The number of anilines is 1. The van der Waals surface area contributed by atoms with Crippen molar-refractivity contribution in [1.29, 1.82) is 0 Å². The first kappa shape index (κ1) is 13.4. The molecular formula is C14H13N5OS. The van der Waals surface area contributed by atoms with E-state index in [4.69, 9.17) is 0 Å². The van der Waals surface area contributed by atoms with Crippen molar-refractivity contribution in [2.24, 2.45) is 0 Å². The molecule has 2 aromatic heterocycles. The number of nitrogens with one attached hydrogen (secondary N) is 1. The number of carbonyl (C=O) groups excluding carboxylic acids is 1. The molecule has 1 aromatic carbocycles. The predicted molar refractivity (Wildman–Crippen MR) is 80.9 cm³/mol. The summed E-state index contributed by atoms with van der Waals surface area (Å²) in [4.78, 5) is 16.2. The van der Waals surface area contributed by atoms with E-state index in [0.29, 0.717) is 16.5 Å². The molecule has 1 amide bonds. The van der Waals surface area contributed by atoms with E-state index in [1.165, 1.54) is 11.3 Å². The fourth-order valence-corrected chi connectivity index (χ4v) is 2.51. The van der Waals surface area contributed by atoms with Crippen LogP contribution in [0.4, 0.5) is 5.13 Å². The third-order valence-corrected chi connectivity index (χ3v) is 3.70. The molecule has 0 unspecified atom stereocenters. The molecule has 1 N–H and O–H groups in total. The summed E-state index contributed by atoms with van der Waals surface area (Å²) in [6.45, 7) is 3.82. The number of hydrogen-bond acceptors (Lipinski definition) is 5. The van der Waals surface area contributed by atoms with Crippen molar-refractivity contribution in [2.45, 2.75) is 13.8 Å². The summed E-state index contributed by atoms with van der Waals surface area (Å²) in [5.41, 5.74) is 2.99. The Kier molecular flexibility index (Phi) is 3.49. The predicted octanol–water partition coefficient (Wildman–Crippen LogP) is 2.59. The Morgan fingerprint density at radius 1 is 1.33 bits per heavy atom. The number of hydrogen-bond donors (Lipinski definition) is 1. The number of aryl methyl sites for hydroxylation is 1. The van der Waals surface area contributed by atoms with Crippen molar-refractivity contribution in [3.63, 3.8) is 0 Å². The summed E-state index contributed by atoms with van der Waals surface area (Å²) < 4.78 is 1.66. The molecule has 0 aliphatic rings. The highest BCUT2D eigenvalue weighted by Crippen LogP contribution is 2.16. The molecule has 0 aliphatic carbocycles. The summed E-state index contributed by atoms with van der Waals surface area (Å²) in [6.07, 6.45) is 1.64. The molecule has 0 atom stereocenters. The lowest BCUT2D eigenvalue weighted by molar-refractivity contribution is 0.102. The molecule has 0 saturated heterocycles. The third-order valence-electron chi connectivity index (χ3n) is 3.01. The van der Waals surface area contributed by atoms with E-state index < -0.39 is 0 Å². The summed E-state index contributed by atoms with van der Waals surface area (Å²) in [5, 5.41) is 13.1. The highest BCUT2D eigenvalue weighted by atomic mass is 32.1. The Balaban J connectivity index is 1.90. The monoisotopic (exact) mass is 299 g/mol. The van der Waals surface area contributed by atoms with E-state index in [0.717, 1.165) is 11.3 Å². The van der Waals surface area contributed by atoms with Crippen molar-refractivity contribution in [3.05, 3.63) is 52.8 Å². The standard InChI is InChI=1S/C14H13N5OS/c1-9-4-3-5-11(8-9)19-10(2)12(17-18-19)13(20)16-14-15-6-7-21-14/h3-8H,1-2H3,(H,15,16,20). The molecule has 0 bridgehead atoms. The molecular weight excluding hydrogens is 286 g/mol. The van der Waals surface area contributed by atoms with Gasteiger partial charge >= 0.3 is 0 Å². The number of aromatic nitrogens is 4. The third kappa shape index (κ3) is 2.68. The number of thiazole rings is 1. The first-order valence-corrected chi connectivity index (χ1v) is 7.23. The van der Waals surface area contributed by atoms with Gasteiger partial charge in [-0.2, -0.15) is 0 Å². The number of rotatable bonds is 3. The maximum atomic E-state index is 12.2. The SMILES string of the molecule is Cc1cccc(-n2nnc(C(=O)Nc3nccs3)c2C)c1. The van der Waals surface area contributed by atoms with E-state index in [-0.39, 0.29) is 5.91 Å². The van der Waals surface area contributed by atoms with Gasteiger partial charge in [0.1, 0.15) is 0 Å². The van der Waals surface area contributed by atoms with Crippen LogP contribution in [0.15, 0.2) is 35.8 Å². The van der Waals surface area contributed by atoms with E-state index in [1.54, 1.807) is 16.3 Å². The van der Waals surface area contributed by atoms with Gasteiger partial charge in [0.15, 0.2) is 10.8 Å². The maximum Gasteiger partial charge on any atom is 0.279 e. The second-order valence-corrected chi connectivity index (χ2v) is 5.46. The molecule has 6 nitrogen and oxygen atoms in total. The largest absolute Gasteiger partial charge is 0.296 e.